The summed E-state index contributed by atoms with van der Waals surface area (Å²) in [6.07, 6.45) is 0. The Kier molecular flexibility index (Phi) is 6.35. The minimum absolute atomic E-state index is 0.0384. The van der Waals surface area contributed by atoms with Gasteiger partial charge in [0, 0.05) is 28.6 Å². The molecule has 154 valence electrons. The SMILES string of the molecule is CC(=O)NS(=O)(=O)c1ccc(NC(=S)NC(=O)c2cccc3c(Cl)cccc23)cc1. The van der Waals surface area contributed by atoms with E-state index in [1.807, 2.05) is 10.8 Å². The van der Waals surface area contributed by atoms with Gasteiger partial charge >= 0.3 is 0 Å². The molecule has 10 heteroatoms. The molecule has 0 aromatic heterocycles. The molecule has 0 saturated carbocycles. The van der Waals surface area contributed by atoms with E-state index in [9.17, 15) is 18.0 Å². The van der Waals surface area contributed by atoms with Crippen LogP contribution < -0.4 is 15.4 Å². The lowest BCUT2D eigenvalue weighted by Crippen LogP contribution is -2.34. The molecule has 7 nitrogen and oxygen atoms in total. The van der Waals surface area contributed by atoms with Gasteiger partial charge in [-0.3, -0.25) is 14.9 Å². The first-order valence-corrected chi connectivity index (χ1v) is 10.9. The highest BCUT2D eigenvalue weighted by molar-refractivity contribution is 7.90. The molecule has 0 atom stereocenters. The topological polar surface area (TPSA) is 104 Å². The van der Waals surface area contributed by atoms with Crippen molar-refractivity contribution < 1.29 is 18.0 Å². The number of nitrogens with one attached hydrogen (secondary N) is 3. The predicted octanol–water partition coefficient (Wildman–Crippen LogP) is 3.44. The zero-order valence-electron chi connectivity index (χ0n) is 15.6. The second-order valence-electron chi connectivity index (χ2n) is 6.23. The number of halogens is 1. The van der Waals surface area contributed by atoms with Crippen molar-refractivity contribution in [3.05, 3.63) is 71.2 Å². The number of hydrogen-bond acceptors (Lipinski definition) is 5. The molecule has 0 aliphatic rings. The molecule has 0 spiro atoms. The van der Waals surface area contributed by atoms with Crippen LogP contribution in [0.5, 0.6) is 0 Å². The summed E-state index contributed by atoms with van der Waals surface area (Å²) < 4.78 is 25.8. The largest absolute Gasteiger partial charge is 0.332 e. The summed E-state index contributed by atoms with van der Waals surface area (Å²) in [5.74, 6) is -1.10. The van der Waals surface area contributed by atoms with Crippen molar-refractivity contribution >= 4 is 67.2 Å². The first-order chi connectivity index (χ1) is 14.2. The number of amides is 2. The molecule has 0 aliphatic heterocycles. The number of benzene rings is 3. The van der Waals surface area contributed by atoms with Crippen LogP contribution >= 0.6 is 23.8 Å². The average molecular weight is 462 g/mol. The van der Waals surface area contributed by atoms with E-state index in [1.54, 1.807) is 30.3 Å². The lowest BCUT2D eigenvalue weighted by molar-refractivity contribution is -0.117. The Bertz CT molecular complexity index is 1260. The van der Waals surface area contributed by atoms with Crippen LogP contribution in [0.25, 0.3) is 10.8 Å². The van der Waals surface area contributed by atoms with Crippen molar-refractivity contribution in [1.29, 1.82) is 0 Å². The highest BCUT2D eigenvalue weighted by Crippen LogP contribution is 2.26. The van der Waals surface area contributed by atoms with Crippen LogP contribution in [0.15, 0.2) is 65.6 Å². The molecular weight excluding hydrogens is 446 g/mol. The number of carbonyl (C=O) groups is 2. The van der Waals surface area contributed by atoms with Crippen molar-refractivity contribution in [2.45, 2.75) is 11.8 Å². The Labute approximate surface area is 183 Å². The van der Waals surface area contributed by atoms with Crippen LogP contribution in [-0.2, 0) is 14.8 Å². The van der Waals surface area contributed by atoms with E-state index in [0.717, 1.165) is 12.3 Å². The van der Waals surface area contributed by atoms with E-state index in [2.05, 4.69) is 10.6 Å². The monoisotopic (exact) mass is 461 g/mol. The molecule has 0 bridgehead atoms. The van der Waals surface area contributed by atoms with Crippen molar-refractivity contribution in [3.8, 4) is 0 Å². The Morgan fingerprint density at radius 3 is 2.23 bits per heavy atom. The van der Waals surface area contributed by atoms with E-state index in [-0.39, 0.29) is 10.0 Å². The zero-order chi connectivity index (χ0) is 21.9. The lowest BCUT2D eigenvalue weighted by Gasteiger charge is -2.12. The average Bonchev–Trinajstić information content (AvgIpc) is 2.67. The third-order valence-electron chi connectivity index (χ3n) is 4.04. The third kappa shape index (κ3) is 4.93. The summed E-state index contributed by atoms with van der Waals surface area (Å²) in [6, 6.07) is 16.1. The molecular formula is C20H16ClN3O4S2. The normalized spacial score (nSPS) is 11.0. The van der Waals surface area contributed by atoms with Gasteiger partial charge in [-0.15, -0.1) is 0 Å². The van der Waals surface area contributed by atoms with Crippen LogP contribution in [0.3, 0.4) is 0 Å². The van der Waals surface area contributed by atoms with Crippen LogP contribution in [0.1, 0.15) is 17.3 Å². The van der Waals surface area contributed by atoms with Crippen molar-refractivity contribution in [1.82, 2.24) is 10.0 Å². The Hall–Kier alpha value is -3.01. The van der Waals surface area contributed by atoms with Crippen LogP contribution in [0.2, 0.25) is 5.02 Å². The fourth-order valence-corrected chi connectivity index (χ4v) is 4.21. The fourth-order valence-electron chi connectivity index (χ4n) is 2.77. The summed E-state index contributed by atoms with van der Waals surface area (Å²) in [4.78, 5) is 23.6. The minimum atomic E-state index is -3.92. The molecule has 2 amide bonds. The minimum Gasteiger partial charge on any atom is -0.332 e. The second kappa shape index (κ2) is 8.78. The van der Waals surface area contributed by atoms with Gasteiger partial charge in [0.2, 0.25) is 5.91 Å². The van der Waals surface area contributed by atoms with E-state index < -0.39 is 21.8 Å². The molecule has 0 saturated heterocycles. The molecule has 0 heterocycles. The van der Waals surface area contributed by atoms with Gasteiger partial charge in [0.1, 0.15) is 0 Å². The quantitative estimate of drug-likeness (QED) is 0.514. The van der Waals surface area contributed by atoms with Gasteiger partial charge in [-0.1, -0.05) is 35.9 Å². The maximum Gasteiger partial charge on any atom is 0.264 e. The van der Waals surface area contributed by atoms with Crippen molar-refractivity contribution in [2.24, 2.45) is 0 Å². The third-order valence-corrected chi connectivity index (χ3v) is 6.02. The Balaban J connectivity index is 1.71. The van der Waals surface area contributed by atoms with Crippen molar-refractivity contribution in [3.63, 3.8) is 0 Å². The predicted molar refractivity (Wildman–Crippen MR) is 120 cm³/mol. The maximum absolute atomic E-state index is 12.7. The number of thiocarbonyl (C=S) groups is 1. The van der Waals surface area contributed by atoms with Crippen LogP contribution in [-0.4, -0.2) is 25.3 Å². The van der Waals surface area contributed by atoms with Gasteiger partial charge in [-0.25, -0.2) is 13.1 Å². The van der Waals surface area contributed by atoms with E-state index in [0.29, 0.717) is 21.7 Å². The Morgan fingerprint density at radius 1 is 0.933 bits per heavy atom. The molecule has 0 radical (unpaired) electrons. The molecule has 30 heavy (non-hydrogen) atoms. The standard InChI is InChI=1S/C20H16ClN3O4S2/c1-12(25)24-30(27,28)14-10-8-13(9-11-14)22-20(29)23-19(26)17-6-2-5-16-15(17)4-3-7-18(16)21/h2-11H,1H3,(H,24,25)(H2,22,23,26,29). The first kappa shape index (κ1) is 21.7. The summed E-state index contributed by atoms with van der Waals surface area (Å²) in [6.45, 7) is 1.11. The van der Waals surface area contributed by atoms with Gasteiger partial charge < -0.3 is 5.32 Å². The number of rotatable bonds is 4. The summed E-state index contributed by atoms with van der Waals surface area (Å²) in [5, 5.41) is 7.42. The number of anilines is 1. The Morgan fingerprint density at radius 2 is 1.57 bits per heavy atom. The molecule has 3 rings (SSSR count). The molecule has 0 aliphatic carbocycles. The van der Waals surface area contributed by atoms with E-state index in [4.69, 9.17) is 23.8 Å². The highest BCUT2D eigenvalue weighted by atomic mass is 35.5. The van der Waals surface area contributed by atoms with E-state index in [1.165, 1.54) is 24.3 Å². The highest BCUT2D eigenvalue weighted by Gasteiger charge is 2.16. The van der Waals surface area contributed by atoms with Gasteiger partial charge in [0.25, 0.3) is 15.9 Å². The summed E-state index contributed by atoms with van der Waals surface area (Å²) in [5.41, 5.74) is 0.874. The maximum atomic E-state index is 12.7. The number of sulfonamides is 1. The van der Waals surface area contributed by atoms with Gasteiger partial charge in [-0.2, -0.15) is 0 Å². The molecule has 3 aromatic rings. The molecule has 0 unspecified atom stereocenters. The second-order valence-corrected chi connectivity index (χ2v) is 8.73. The van der Waals surface area contributed by atoms with Gasteiger partial charge in [0.15, 0.2) is 5.11 Å². The molecule has 3 N–H and O–H groups in total. The first-order valence-electron chi connectivity index (χ1n) is 8.60. The molecule has 0 fully saturated rings. The smallest absolute Gasteiger partial charge is 0.264 e. The fraction of sp³-hybridized carbons (Fsp3) is 0.0500. The van der Waals surface area contributed by atoms with Crippen molar-refractivity contribution in [2.75, 3.05) is 5.32 Å². The summed E-state index contributed by atoms with van der Waals surface area (Å²) in [7, 11) is -3.92. The number of hydrogen-bond donors (Lipinski definition) is 3. The van der Waals surface area contributed by atoms with Crippen LogP contribution in [0.4, 0.5) is 5.69 Å². The zero-order valence-corrected chi connectivity index (χ0v) is 18.0. The van der Waals surface area contributed by atoms with E-state index >= 15 is 0 Å². The van der Waals surface area contributed by atoms with Gasteiger partial charge in [-0.05, 0) is 54.0 Å². The van der Waals surface area contributed by atoms with Gasteiger partial charge in [0.05, 0.1) is 4.90 Å². The van der Waals surface area contributed by atoms with Crippen LogP contribution in [0, 0.1) is 0 Å². The molecule has 3 aromatic carbocycles. The number of carbonyl (C=O) groups excluding carboxylic acids is 2. The summed E-state index contributed by atoms with van der Waals surface area (Å²) >= 11 is 11.4. The lowest BCUT2D eigenvalue weighted by atomic mass is 10.0. The number of fused-ring (bicyclic) bond motifs is 1.